The van der Waals surface area contributed by atoms with Crippen molar-refractivity contribution in [3.8, 4) is 61.4 Å². The van der Waals surface area contributed by atoms with E-state index in [2.05, 4.69) is 230 Å². The van der Waals surface area contributed by atoms with E-state index in [9.17, 15) is 0 Å². The van der Waals surface area contributed by atoms with Crippen LogP contribution in [0.25, 0.3) is 163 Å². The summed E-state index contributed by atoms with van der Waals surface area (Å²) in [5, 5.41) is 26.5. The average molecular weight is 959 g/mol. The first-order valence-corrected chi connectivity index (χ1v) is 26.8. The van der Waals surface area contributed by atoms with E-state index in [1.165, 1.54) is 180 Å². The van der Waals surface area contributed by atoms with E-state index in [0.29, 0.717) is 0 Å². The van der Waals surface area contributed by atoms with Crippen molar-refractivity contribution in [3.05, 3.63) is 199 Å². The van der Waals surface area contributed by atoms with Gasteiger partial charge in [-0.1, -0.05) is 199 Å². The molecule has 356 valence electrons. The largest absolute Gasteiger partial charge is 0.497 e. The highest BCUT2D eigenvalue weighted by atomic mass is 16.5. The molecule has 0 unspecified atom stereocenters. The van der Waals surface area contributed by atoms with Gasteiger partial charge in [-0.25, -0.2) is 0 Å². The summed E-state index contributed by atoms with van der Waals surface area (Å²) in [4.78, 5) is 0. The molecule has 15 aromatic carbocycles. The van der Waals surface area contributed by atoms with Gasteiger partial charge in [-0.2, -0.15) is 0 Å². The summed E-state index contributed by atoms with van der Waals surface area (Å²) in [5.41, 5.74) is 16.7. The van der Waals surface area contributed by atoms with Crippen LogP contribution in [-0.4, -0.2) is 7.11 Å². The van der Waals surface area contributed by atoms with Crippen molar-refractivity contribution in [2.45, 2.75) is 59.3 Å². The predicted octanol–water partition coefficient (Wildman–Crippen LogP) is 21.1. The molecule has 0 bridgehead atoms. The molecule has 0 heterocycles. The molecule has 0 aromatic heterocycles. The summed E-state index contributed by atoms with van der Waals surface area (Å²) in [6, 6.07) is 70.9. The van der Waals surface area contributed by atoms with E-state index in [1.807, 2.05) is 0 Å². The van der Waals surface area contributed by atoms with Gasteiger partial charge in [0.05, 0.1) is 7.11 Å². The number of aryl methyl sites for hydroxylation is 1. The van der Waals surface area contributed by atoms with Crippen molar-refractivity contribution in [3.63, 3.8) is 0 Å². The van der Waals surface area contributed by atoms with E-state index < -0.39 is 0 Å². The third kappa shape index (κ3) is 5.68. The van der Waals surface area contributed by atoms with E-state index in [-0.39, 0.29) is 10.8 Å². The zero-order valence-corrected chi connectivity index (χ0v) is 43.7. The number of methoxy groups -OCH3 is 1. The maximum absolute atomic E-state index is 5.81. The topological polar surface area (TPSA) is 9.23 Å². The summed E-state index contributed by atoms with van der Waals surface area (Å²) in [6.45, 7) is 16.2. The lowest BCUT2D eigenvalue weighted by Gasteiger charge is -2.23. The fourth-order valence-electron chi connectivity index (χ4n) is 14.2. The van der Waals surface area contributed by atoms with Crippen molar-refractivity contribution < 1.29 is 4.74 Å². The first-order chi connectivity index (χ1) is 36.3. The molecule has 0 fully saturated rings. The quantitative estimate of drug-likeness (QED) is 0.126. The second-order valence-electron chi connectivity index (χ2n) is 23.9. The molecule has 0 saturated carbocycles. The van der Waals surface area contributed by atoms with Gasteiger partial charge in [0, 0.05) is 0 Å². The first-order valence-electron chi connectivity index (χ1n) is 26.8. The van der Waals surface area contributed by atoms with Crippen molar-refractivity contribution in [2.75, 3.05) is 7.11 Å². The number of fused-ring (bicyclic) bond motifs is 12. The van der Waals surface area contributed by atoms with Crippen molar-refractivity contribution in [1.29, 1.82) is 0 Å². The van der Waals surface area contributed by atoms with E-state index in [4.69, 9.17) is 4.74 Å². The minimum absolute atomic E-state index is 0.0410. The number of rotatable bonds is 4. The minimum Gasteiger partial charge on any atom is -0.497 e. The van der Waals surface area contributed by atoms with Gasteiger partial charge < -0.3 is 4.74 Å². The Bertz CT molecular complexity index is 4750. The Morgan fingerprint density at radius 3 is 1.25 bits per heavy atom. The highest BCUT2D eigenvalue weighted by molar-refractivity contribution is 6.47. The Morgan fingerprint density at radius 1 is 0.280 bits per heavy atom. The molecule has 0 aliphatic heterocycles. The summed E-state index contributed by atoms with van der Waals surface area (Å²) >= 11 is 0. The van der Waals surface area contributed by atoms with Crippen LogP contribution < -0.4 is 4.74 Å². The summed E-state index contributed by atoms with van der Waals surface area (Å²) in [5.74, 6) is 0.880. The number of ether oxygens (including phenoxy) is 1. The summed E-state index contributed by atoms with van der Waals surface area (Å²) in [6.07, 6.45) is 0. The maximum atomic E-state index is 5.81. The maximum Gasteiger partial charge on any atom is 0.119 e. The molecule has 1 heteroatoms. The van der Waals surface area contributed by atoms with Gasteiger partial charge in [0.1, 0.15) is 5.75 Å². The van der Waals surface area contributed by atoms with E-state index >= 15 is 0 Å². The third-order valence-corrected chi connectivity index (χ3v) is 17.6. The molecule has 1 aliphatic carbocycles. The molecule has 0 radical (unpaired) electrons. The van der Waals surface area contributed by atoms with Crippen LogP contribution in [0.1, 0.15) is 58.2 Å². The van der Waals surface area contributed by atoms with Crippen molar-refractivity contribution in [2.24, 2.45) is 0 Å². The Labute approximate surface area is 436 Å². The van der Waals surface area contributed by atoms with Gasteiger partial charge in [0.25, 0.3) is 0 Å². The smallest absolute Gasteiger partial charge is 0.119 e. The molecular formula is C74H54O. The highest BCUT2D eigenvalue weighted by Gasteiger charge is 2.30. The Balaban J connectivity index is 1.10. The molecule has 0 amide bonds. The molecule has 15 aromatic rings. The van der Waals surface area contributed by atoms with Gasteiger partial charge in [-0.05, 0) is 222 Å². The fourth-order valence-corrected chi connectivity index (χ4v) is 14.2. The third-order valence-electron chi connectivity index (χ3n) is 17.6. The lowest BCUT2D eigenvalue weighted by Crippen LogP contribution is -2.11. The van der Waals surface area contributed by atoms with E-state index in [0.717, 1.165) is 5.75 Å². The molecule has 0 spiro atoms. The van der Waals surface area contributed by atoms with Crippen LogP contribution in [0.2, 0.25) is 0 Å². The van der Waals surface area contributed by atoms with Crippen LogP contribution in [0, 0.1) is 6.92 Å². The average Bonchev–Trinajstić information content (AvgIpc) is 4.21. The second-order valence-corrected chi connectivity index (χ2v) is 23.9. The molecule has 0 N–H and O–H groups in total. The van der Waals surface area contributed by atoms with Crippen molar-refractivity contribution >= 4 is 108 Å². The zero-order valence-electron chi connectivity index (χ0n) is 43.7. The standard InChI is InChI=1S/C74H54O/c1-39-32-42(36-45(33-39)75-8)46-22-23-57-61-38-63-62(37-60(61)50-21-13-20-49(46)66(50)57)64(40-14-11-16-43(34-40)73(2,3)4)71-58-30-28-55-53-26-24-51-47-18-9-10-19-48(47)52-25-27-54(68(53)67(51)52)56-29-31-59(70(58)69(55)56)72(71)65(63)41-15-12-17-44(35-41)74(5,6)7/h9-38H,1-8H3. The van der Waals surface area contributed by atoms with Crippen LogP contribution in [0.15, 0.2) is 182 Å². The van der Waals surface area contributed by atoms with Gasteiger partial charge in [-0.3, -0.25) is 0 Å². The molecular weight excluding hydrogens is 905 g/mol. The zero-order chi connectivity index (χ0) is 50.6. The number of hydrogen-bond donors (Lipinski definition) is 0. The Hall–Kier alpha value is -8.52. The van der Waals surface area contributed by atoms with Gasteiger partial charge in [0.15, 0.2) is 0 Å². The number of hydrogen-bond acceptors (Lipinski definition) is 1. The van der Waals surface area contributed by atoms with Gasteiger partial charge in [-0.15, -0.1) is 0 Å². The Morgan fingerprint density at radius 2 is 0.720 bits per heavy atom. The minimum atomic E-state index is -0.0410. The molecule has 1 nitrogen and oxygen atoms in total. The molecule has 75 heavy (non-hydrogen) atoms. The molecule has 16 rings (SSSR count). The predicted molar refractivity (Wildman–Crippen MR) is 324 cm³/mol. The fraction of sp³-hybridized carbons (Fsp3) is 0.135. The SMILES string of the molecule is COc1cc(C)cc(-c2ccc3c4cc5c(-c6cccc(C(C)(C)C)c6)c6c7ccc8c9ccc%10c%11c(ccc(c%12ccc(c6c(-c6cccc(C(C)(C)C)c6)c5cc4c4cccc2c43)c7c%128)c%119)-c2ccccc2-%10)c1. The lowest BCUT2D eigenvalue weighted by molar-refractivity contribution is 0.414. The Kier molecular flexibility index (Phi) is 8.37. The first kappa shape index (κ1) is 42.9. The van der Waals surface area contributed by atoms with E-state index in [1.54, 1.807) is 7.11 Å². The number of benzene rings is 13. The van der Waals surface area contributed by atoms with Crippen LogP contribution in [0.5, 0.6) is 5.75 Å². The summed E-state index contributed by atoms with van der Waals surface area (Å²) < 4.78 is 5.81. The van der Waals surface area contributed by atoms with Gasteiger partial charge in [0.2, 0.25) is 0 Å². The monoisotopic (exact) mass is 958 g/mol. The lowest BCUT2D eigenvalue weighted by atomic mass is 9.81. The van der Waals surface area contributed by atoms with Gasteiger partial charge >= 0.3 is 0 Å². The second kappa shape index (κ2) is 14.6. The van der Waals surface area contributed by atoms with Crippen LogP contribution in [0.3, 0.4) is 0 Å². The molecule has 0 saturated heterocycles. The molecule has 0 atom stereocenters. The normalized spacial score (nSPS) is 13.1. The van der Waals surface area contributed by atoms with Crippen molar-refractivity contribution in [1.82, 2.24) is 0 Å². The van der Waals surface area contributed by atoms with Crippen LogP contribution >= 0.6 is 0 Å². The van der Waals surface area contributed by atoms with Crippen LogP contribution in [0.4, 0.5) is 0 Å². The summed E-state index contributed by atoms with van der Waals surface area (Å²) in [7, 11) is 1.76. The molecule has 1 aliphatic rings. The van der Waals surface area contributed by atoms with Crippen LogP contribution in [-0.2, 0) is 10.8 Å². The highest BCUT2D eigenvalue weighted by Crippen LogP contribution is 2.58.